The number of aliphatic hydroxyl groups excluding tert-OH is 1. The Balaban J connectivity index is 2.33. The Labute approximate surface area is 96.9 Å². The van der Waals surface area contributed by atoms with Gasteiger partial charge in [0, 0.05) is 20.1 Å². The molecule has 0 bridgehead atoms. The van der Waals surface area contributed by atoms with Crippen molar-refractivity contribution < 1.29 is 5.11 Å². The minimum Gasteiger partial charge on any atom is -0.379 e. The highest BCUT2D eigenvalue weighted by Crippen LogP contribution is 2.27. The number of aromatic nitrogens is 2. The van der Waals surface area contributed by atoms with Gasteiger partial charge in [-0.15, -0.1) is 0 Å². The summed E-state index contributed by atoms with van der Waals surface area (Å²) < 4.78 is 1.97. The Morgan fingerprint density at radius 3 is 2.56 bits per heavy atom. The first-order chi connectivity index (χ1) is 7.50. The Morgan fingerprint density at radius 1 is 1.31 bits per heavy atom. The summed E-state index contributed by atoms with van der Waals surface area (Å²) in [5.74, 6) is 0.480. The molecule has 1 aliphatic rings. The van der Waals surface area contributed by atoms with E-state index in [0.29, 0.717) is 5.92 Å². The smallest absolute Gasteiger partial charge is 0.104 e. The molecule has 0 spiro atoms. The lowest BCUT2D eigenvalue weighted by molar-refractivity contribution is 0.00752. The van der Waals surface area contributed by atoms with E-state index in [1.807, 2.05) is 18.7 Å². The van der Waals surface area contributed by atoms with Crippen molar-refractivity contribution in [1.29, 1.82) is 0 Å². The molecule has 0 amide bonds. The van der Waals surface area contributed by atoms with Gasteiger partial charge in [-0.05, 0) is 24.8 Å². The molecule has 0 aromatic carbocycles. The molecule has 1 aromatic heterocycles. The molecule has 1 aromatic rings. The number of aliphatic hydroxyl groups is 1. The van der Waals surface area contributed by atoms with Crippen LogP contribution in [0.1, 0.15) is 43.6 Å². The van der Waals surface area contributed by atoms with Crippen molar-refractivity contribution in [3.05, 3.63) is 17.0 Å². The number of hydrogen-bond donors (Lipinski definition) is 1. The SMILES string of the molecule is CC(C)c1nn(C)c2c1CCN(C(C)O)C2. The molecule has 0 saturated carbocycles. The fourth-order valence-electron chi connectivity index (χ4n) is 2.41. The van der Waals surface area contributed by atoms with Gasteiger partial charge in [0.05, 0.1) is 11.4 Å². The topological polar surface area (TPSA) is 41.3 Å². The van der Waals surface area contributed by atoms with E-state index < -0.39 is 0 Å². The van der Waals surface area contributed by atoms with Crippen LogP contribution in [0.15, 0.2) is 0 Å². The number of rotatable bonds is 2. The molecule has 2 heterocycles. The van der Waals surface area contributed by atoms with Crippen molar-refractivity contribution in [2.75, 3.05) is 6.54 Å². The first-order valence-electron chi connectivity index (χ1n) is 5.97. The second kappa shape index (κ2) is 4.18. The quantitative estimate of drug-likeness (QED) is 0.820. The summed E-state index contributed by atoms with van der Waals surface area (Å²) in [7, 11) is 2.00. The lowest BCUT2D eigenvalue weighted by Gasteiger charge is -2.29. The van der Waals surface area contributed by atoms with Gasteiger partial charge in [-0.2, -0.15) is 5.10 Å². The van der Waals surface area contributed by atoms with E-state index in [2.05, 4.69) is 23.8 Å². The van der Waals surface area contributed by atoms with E-state index in [1.54, 1.807) is 0 Å². The maximum Gasteiger partial charge on any atom is 0.104 e. The van der Waals surface area contributed by atoms with Crippen LogP contribution >= 0.6 is 0 Å². The third-order valence-electron chi connectivity index (χ3n) is 3.38. The zero-order chi connectivity index (χ0) is 11.9. The third kappa shape index (κ3) is 1.87. The fraction of sp³-hybridized carbons (Fsp3) is 0.750. The zero-order valence-corrected chi connectivity index (χ0v) is 10.6. The van der Waals surface area contributed by atoms with Crippen LogP contribution in [0.2, 0.25) is 0 Å². The van der Waals surface area contributed by atoms with E-state index >= 15 is 0 Å². The summed E-state index contributed by atoms with van der Waals surface area (Å²) in [4.78, 5) is 2.08. The van der Waals surface area contributed by atoms with Crippen molar-refractivity contribution in [1.82, 2.24) is 14.7 Å². The largest absolute Gasteiger partial charge is 0.379 e. The average molecular weight is 223 g/mol. The number of hydrogen-bond acceptors (Lipinski definition) is 3. The van der Waals surface area contributed by atoms with Crippen molar-refractivity contribution in [2.45, 2.75) is 45.9 Å². The van der Waals surface area contributed by atoms with Crippen molar-refractivity contribution in [3.63, 3.8) is 0 Å². The monoisotopic (exact) mass is 223 g/mol. The van der Waals surface area contributed by atoms with Crippen LogP contribution in [0.3, 0.4) is 0 Å². The van der Waals surface area contributed by atoms with Crippen LogP contribution < -0.4 is 0 Å². The first kappa shape index (κ1) is 11.6. The van der Waals surface area contributed by atoms with Gasteiger partial charge in [-0.3, -0.25) is 9.58 Å². The molecule has 1 unspecified atom stereocenters. The van der Waals surface area contributed by atoms with Gasteiger partial charge in [-0.1, -0.05) is 13.8 Å². The summed E-state index contributed by atoms with van der Waals surface area (Å²) in [6.07, 6.45) is 0.632. The van der Waals surface area contributed by atoms with E-state index in [9.17, 15) is 5.11 Å². The van der Waals surface area contributed by atoms with Gasteiger partial charge < -0.3 is 5.11 Å². The van der Waals surface area contributed by atoms with E-state index in [1.165, 1.54) is 17.0 Å². The standard InChI is InChI=1S/C12H21N3O/c1-8(2)12-10-5-6-15(9(3)16)7-11(10)14(4)13-12/h8-9,16H,5-7H2,1-4H3. The maximum atomic E-state index is 9.61. The van der Waals surface area contributed by atoms with Crippen LogP contribution in [0, 0.1) is 0 Å². The summed E-state index contributed by atoms with van der Waals surface area (Å²) >= 11 is 0. The van der Waals surface area contributed by atoms with Gasteiger partial charge in [0.25, 0.3) is 0 Å². The third-order valence-corrected chi connectivity index (χ3v) is 3.38. The Morgan fingerprint density at radius 2 is 2.00 bits per heavy atom. The predicted octanol–water partition coefficient (Wildman–Crippen LogP) is 1.24. The average Bonchev–Trinajstić information content (AvgIpc) is 2.56. The zero-order valence-electron chi connectivity index (χ0n) is 10.6. The van der Waals surface area contributed by atoms with Crippen LogP contribution in [0.4, 0.5) is 0 Å². The lowest BCUT2D eigenvalue weighted by atomic mass is 9.98. The molecular weight excluding hydrogens is 202 g/mol. The predicted molar refractivity (Wildman–Crippen MR) is 63.1 cm³/mol. The van der Waals surface area contributed by atoms with Crippen molar-refractivity contribution >= 4 is 0 Å². The van der Waals surface area contributed by atoms with E-state index in [4.69, 9.17) is 0 Å². The number of aryl methyl sites for hydroxylation is 1. The normalized spacial score (nSPS) is 18.9. The minimum atomic E-state index is -0.370. The van der Waals surface area contributed by atoms with Gasteiger partial charge >= 0.3 is 0 Å². The summed E-state index contributed by atoms with van der Waals surface area (Å²) in [5.41, 5.74) is 3.88. The van der Waals surface area contributed by atoms with Gasteiger partial charge in [0.1, 0.15) is 6.23 Å². The molecule has 0 radical (unpaired) electrons. The molecule has 4 nitrogen and oxygen atoms in total. The van der Waals surface area contributed by atoms with Crippen molar-refractivity contribution in [2.24, 2.45) is 7.05 Å². The molecule has 0 fully saturated rings. The maximum absolute atomic E-state index is 9.61. The van der Waals surface area contributed by atoms with Gasteiger partial charge in [-0.25, -0.2) is 0 Å². The van der Waals surface area contributed by atoms with Crippen molar-refractivity contribution in [3.8, 4) is 0 Å². The first-order valence-corrected chi connectivity index (χ1v) is 5.97. The summed E-state index contributed by atoms with van der Waals surface area (Å²) in [6.45, 7) is 7.93. The highest BCUT2D eigenvalue weighted by atomic mass is 16.3. The molecule has 16 heavy (non-hydrogen) atoms. The molecule has 1 N–H and O–H groups in total. The van der Waals surface area contributed by atoms with Gasteiger partial charge in [0.2, 0.25) is 0 Å². The Kier molecular flexibility index (Phi) is 3.04. The summed E-state index contributed by atoms with van der Waals surface area (Å²) in [5, 5.41) is 14.2. The van der Waals surface area contributed by atoms with Crippen LogP contribution in [0.5, 0.6) is 0 Å². The molecule has 0 saturated heterocycles. The summed E-state index contributed by atoms with van der Waals surface area (Å²) in [6, 6.07) is 0. The van der Waals surface area contributed by atoms with Crippen LogP contribution in [-0.4, -0.2) is 32.6 Å². The van der Waals surface area contributed by atoms with E-state index in [-0.39, 0.29) is 6.23 Å². The second-order valence-corrected chi connectivity index (χ2v) is 4.94. The lowest BCUT2D eigenvalue weighted by Crippen LogP contribution is -2.38. The molecule has 2 rings (SSSR count). The molecule has 0 aliphatic carbocycles. The highest BCUT2D eigenvalue weighted by molar-refractivity contribution is 5.30. The molecule has 4 heteroatoms. The Hall–Kier alpha value is -0.870. The molecule has 1 atom stereocenters. The minimum absolute atomic E-state index is 0.370. The number of fused-ring (bicyclic) bond motifs is 1. The molecule has 1 aliphatic heterocycles. The van der Waals surface area contributed by atoms with E-state index in [0.717, 1.165) is 19.5 Å². The number of nitrogens with zero attached hydrogens (tertiary/aromatic N) is 3. The molecule has 90 valence electrons. The molecular formula is C12H21N3O. The second-order valence-electron chi connectivity index (χ2n) is 4.94. The van der Waals surface area contributed by atoms with Gasteiger partial charge in [0.15, 0.2) is 0 Å². The fourth-order valence-corrected chi connectivity index (χ4v) is 2.41. The highest BCUT2D eigenvalue weighted by Gasteiger charge is 2.26. The Bertz CT molecular complexity index is 382. The van der Waals surface area contributed by atoms with Crippen LogP contribution in [-0.2, 0) is 20.0 Å². The van der Waals surface area contributed by atoms with Crippen LogP contribution in [0.25, 0.3) is 0 Å².